The molecular weight excluding hydrogens is 254 g/mol. The molecule has 0 radical (unpaired) electrons. The normalized spacial score (nSPS) is 10.7. The van der Waals surface area contributed by atoms with Gasteiger partial charge in [-0.1, -0.05) is 18.2 Å². The number of fused-ring (bicyclic) bond motifs is 1. The summed E-state index contributed by atoms with van der Waals surface area (Å²) in [5, 5.41) is 0. The van der Waals surface area contributed by atoms with E-state index in [0.717, 1.165) is 11.1 Å². The maximum absolute atomic E-state index is 11.8. The lowest BCUT2D eigenvalue weighted by Crippen LogP contribution is -2.03. The van der Waals surface area contributed by atoms with E-state index in [1.54, 1.807) is 18.2 Å². The van der Waals surface area contributed by atoms with Crippen molar-refractivity contribution < 1.29 is 13.9 Å². The Morgan fingerprint density at radius 3 is 2.80 bits per heavy atom. The van der Waals surface area contributed by atoms with Gasteiger partial charge in [-0.25, -0.2) is 9.78 Å². The van der Waals surface area contributed by atoms with Gasteiger partial charge in [-0.3, -0.25) is 0 Å². The van der Waals surface area contributed by atoms with Crippen molar-refractivity contribution in [3.8, 4) is 11.5 Å². The molecule has 4 nitrogen and oxygen atoms in total. The summed E-state index contributed by atoms with van der Waals surface area (Å²) in [5.74, 6) is 0.0191. The van der Waals surface area contributed by atoms with Crippen LogP contribution in [-0.4, -0.2) is 18.1 Å². The fourth-order valence-electron chi connectivity index (χ4n) is 2.11. The molecule has 0 aliphatic heterocycles. The van der Waals surface area contributed by atoms with Crippen LogP contribution in [0.3, 0.4) is 0 Å². The zero-order chi connectivity index (χ0) is 14.1. The Hall–Kier alpha value is -2.62. The fourth-order valence-corrected chi connectivity index (χ4v) is 2.11. The number of rotatable bonds is 2. The molecule has 3 rings (SSSR count). The molecule has 0 unspecified atom stereocenters. The Morgan fingerprint density at radius 2 is 2.00 bits per heavy atom. The van der Waals surface area contributed by atoms with Crippen LogP contribution in [0.15, 0.2) is 46.9 Å². The largest absolute Gasteiger partial charge is 0.465 e. The second-order valence-corrected chi connectivity index (χ2v) is 4.53. The van der Waals surface area contributed by atoms with Crippen LogP contribution in [0, 0.1) is 6.92 Å². The van der Waals surface area contributed by atoms with Crippen molar-refractivity contribution in [2.45, 2.75) is 6.92 Å². The number of aryl methyl sites for hydroxylation is 1. The lowest BCUT2D eigenvalue weighted by molar-refractivity contribution is 0.0601. The quantitative estimate of drug-likeness (QED) is 0.666. The molecule has 20 heavy (non-hydrogen) atoms. The zero-order valence-electron chi connectivity index (χ0n) is 11.2. The van der Waals surface area contributed by atoms with E-state index in [2.05, 4.69) is 4.98 Å². The van der Waals surface area contributed by atoms with Crippen LogP contribution in [0.1, 0.15) is 15.9 Å². The van der Waals surface area contributed by atoms with Gasteiger partial charge in [0.2, 0.25) is 5.89 Å². The summed E-state index contributed by atoms with van der Waals surface area (Å²) in [6, 6.07) is 12.9. The molecule has 0 bridgehead atoms. The minimum absolute atomic E-state index is 0.404. The van der Waals surface area contributed by atoms with Gasteiger partial charge >= 0.3 is 5.97 Å². The first-order valence-corrected chi connectivity index (χ1v) is 6.24. The highest BCUT2D eigenvalue weighted by Crippen LogP contribution is 2.27. The number of hydrogen-bond acceptors (Lipinski definition) is 4. The van der Waals surface area contributed by atoms with Crippen molar-refractivity contribution >= 4 is 17.1 Å². The summed E-state index contributed by atoms with van der Waals surface area (Å²) in [5.41, 5.74) is 3.66. The van der Waals surface area contributed by atoms with Crippen LogP contribution in [0.5, 0.6) is 0 Å². The molecule has 3 aromatic rings. The second-order valence-electron chi connectivity index (χ2n) is 4.53. The van der Waals surface area contributed by atoms with E-state index < -0.39 is 5.97 Å². The summed E-state index contributed by atoms with van der Waals surface area (Å²) < 4.78 is 10.5. The monoisotopic (exact) mass is 267 g/mol. The SMILES string of the molecule is COC(=O)c1ccccc1-c1nc2cc(C)ccc2o1. The van der Waals surface area contributed by atoms with Crippen molar-refractivity contribution in [2.75, 3.05) is 7.11 Å². The van der Waals surface area contributed by atoms with Gasteiger partial charge in [0.1, 0.15) is 5.52 Å². The molecule has 0 N–H and O–H groups in total. The van der Waals surface area contributed by atoms with Crippen LogP contribution in [0.4, 0.5) is 0 Å². The Labute approximate surface area is 116 Å². The van der Waals surface area contributed by atoms with Crippen LogP contribution < -0.4 is 0 Å². The molecule has 2 aromatic carbocycles. The standard InChI is InChI=1S/C16H13NO3/c1-10-7-8-14-13(9-10)17-15(20-14)11-5-3-4-6-12(11)16(18)19-2/h3-9H,1-2H3. The molecule has 0 saturated heterocycles. The predicted octanol–water partition coefficient (Wildman–Crippen LogP) is 3.59. The minimum atomic E-state index is -0.404. The minimum Gasteiger partial charge on any atom is -0.465 e. The van der Waals surface area contributed by atoms with Crippen molar-refractivity contribution in [1.82, 2.24) is 4.98 Å². The third-order valence-corrected chi connectivity index (χ3v) is 3.11. The first-order valence-electron chi connectivity index (χ1n) is 6.24. The van der Waals surface area contributed by atoms with Crippen LogP contribution >= 0.6 is 0 Å². The summed E-state index contributed by atoms with van der Waals surface area (Å²) in [6.07, 6.45) is 0. The Morgan fingerprint density at radius 1 is 1.20 bits per heavy atom. The molecule has 0 spiro atoms. The number of ether oxygens (including phenoxy) is 1. The molecular formula is C16H13NO3. The fraction of sp³-hybridized carbons (Fsp3) is 0.125. The lowest BCUT2D eigenvalue weighted by atomic mass is 10.1. The number of hydrogen-bond donors (Lipinski definition) is 0. The molecule has 1 heterocycles. The topological polar surface area (TPSA) is 52.3 Å². The Kier molecular flexibility index (Phi) is 2.99. The third kappa shape index (κ3) is 2.05. The van der Waals surface area contributed by atoms with Gasteiger partial charge in [0.15, 0.2) is 5.58 Å². The first-order chi connectivity index (χ1) is 9.69. The molecule has 0 saturated carbocycles. The first kappa shape index (κ1) is 12.4. The Bertz CT molecular complexity index is 789. The van der Waals surface area contributed by atoms with Gasteiger partial charge in [-0.2, -0.15) is 0 Å². The Balaban J connectivity index is 2.18. The number of methoxy groups -OCH3 is 1. The highest BCUT2D eigenvalue weighted by molar-refractivity contribution is 5.96. The maximum Gasteiger partial charge on any atom is 0.338 e. The summed E-state index contributed by atoms with van der Waals surface area (Å²) in [7, 11) is 1.36. The average molecular weight is 267 g/mol. The smallest absolute Gasteiger partial charge is 0.338 e. The van der Waals surface area contributed by atoms with Crippen LogP contribution in [0.2, 0.25) is 0 Å². The molecule has 0 fully saturated rings. The zero-order valence-corrected chi connectivity index (χ0v) is 11.2. The van der Waals surface area contributed by atoms with E-state index >= 15 is 0 Å². The molecule has 4 heteroatoms. The van der Waals surface area contributed by atoms with Crippen LogP contribution in [0.25, 0.3) is 22.6 Å². The molecule has 0 aliphatic rings. The molecule has 100 valence electrons. The molecule has 1 aromatic heterocycles. The number of carbonyl (C=O) groups excluding carboxylic acids is 1. The van der Waals surface area contributed by atoms with Crippen LogP contribution in [-0.2, 0) is 4.74 Å². The predicted molar refractivity (Wildman–Crippen MR) is 75.5 cm³/mol. The van der Waals surface area contributed by atoms with E-state index in [9.17, 15) is 4.79 Å². The number of esters is 1. The van der Waals surface area contributed by atoms with E-state index in [4.69, 9.17) is 9.15 Å². The van der Waals surface area contributed by atoms with Gasteiger partial charge in [0, 0.05) is 0 Å². The van der Waals surface area contributed by atoms with Crippen molar-refractivity contribution in [2.24, 2.45) is 0 Å². The number of nitrogens with zero attached hydrogens (tertiary/aromatic N) is 1. The average Bonchev–Trinajstić information content (AvgIpc) is 2.89. The van der Waals surface area contributed by atoms with Crippen molar-refractivity contribution in [3.05, 3.63) is 53.6 Å². The molecule has 0 aliphatic carbocycles. The number of aromatic nitrogens is 1. The van der Waals surface area contributed by atoms with Gasteiger partial charge in [0.25, 0.3) is 0 Å². The van der Waals surface area contributed by atoms with Crippen molar-refractivity contribution in [1.29, 1.82) is 0 Å². The van der Waals surface area contributed by atoms with E-state index in [1.165, 1.54) is 7.11 Å². The van der Waals surface area contributed by atoms with Gasteiger partial charge in [-0.15, -0.1) is 0 Å². The van der Waals surface area contributed by atoms with Gasteiger partial charge < -0.3 is 9.15 Å². The van der Waals surface area contributed by atoms with E-state index in [0.29, 0.717) is 22.6 Å². The lowest BCUT2D eigenvalue weighted by Gasteiger charge is -2.03. The summed E-state index contributed by atoms with van der Waals surface area (Å²) >= 11 is 0. The maximum atomic E-state index is 11.8. The number of benzene rings is 2. The van der Waals surface area contributed by atoms with Gasteiger partial charge in [0.05, 0.1) is 18.2 Å². The van der Waals surface area contributed by atoms with E-state index in [1.807, 2.05) is 31.2 Å². The highest BCUT2D eigenvalue weighted by Gasteiger charge is 2.17. The second kappa shape index (κ2) is 4.81. The molecule has 0 amide bonds. The highest BCUT2D eigenvalue weighted by atomic mass is 16.5. The van der Waals surface area contributed by atoms with Crippen molar-refractivity contribution in [3.63, 3.8) is 0 Å². The third-order valence-electron chi connectivity index (χ3n) is 3.11. The van der Waals surface area contributed by atoms with E-state index in [-0.39, 0.29) is 0 Å². The molecule has 0 atom stereocenters. The number of carbonyl (C=O) groups is 1. The number of oxazole rings is 1. The summed E-state index contributed by atoms with van der Waals surface area (Å²) in [4.78, 5) is 16.2. The summed E-state index contributed by atoms with van der Waals surface area (Å²) in [6.45, 7) is 2.00. The van der Waals surface area contributed by atoms with Gasteiger partial charge in [-0.05, 0) is 36.8 Å².